The number of nitrogens with zero attached hydrogens (tertiary/aromatic N) is 4. The molecule has 142 valence electrons. The van der Waals surface area contributed by atoms with Crippen LogP contribution in [0.3, 0.4) is 0 Å². The lowest BCUT2D eigenvalue weighted by Gasteiger charge is -2.12. The van der Waals surface area contributed by atoms with Crippen LogP contribution in [-0.2, 0) is 6.42 Å². The fraction of sp³-hybridized carbons (Fsp3) is 0.200. The van der Waals surface area contributed by atoms with E-state index in [1.807, 2.05) is 50.2 Å². The van der Waals surface area contributed by atoms with Crippen molar-refractivity contribution in [1.29, 1.82) is 0 Å². The molecule has 0 bridgehead atoms. The molecule has 0 fully saturated rings. The van der Waals surface area contributed by atoms with E-state index in [0.717, 1.165) is 33.3 Å². The van der Waals surface area contributed by atoms with Gasteiger partial charge in [0.2, 0.25) is 4.96 Å². The summed E-state index contributed by atoms with van der Waals surface area (Å²) >= 11 is 1.46. The highest BCUT2D eigenvalue weighted by molar-refractivity contribution is 7.19. The number of carbonyl (C=O) groups excluding carboxylic acids is 1. The zero-order valence-electron chi connectivity index (χ0n) is 15.8. The third-order valence-corrected chi connectivity index (χ3v) is 5.35. The van der Waals surface area contributed by atoms with Crippen molar-refractivity contribution in [2.45, 2.75) is 20.3 Å². The molecule has 28 heavy (non-hydrogen) atoms. The molecular weight excluding hydrogens is 374 g/mol. The summed E-state index contributed by atoms with van der Waals surface area (Å²) in [5, 5.41) is 16.6. The summed E-state index contributed by atoms with van der Waals surface area (Å²) in [7, 11) is 1.57. The van der Waals surface area contributed by atoms with Gasteiger partial charge in [-0.15, -0.1) is 10.2 Å². The molecule has 1 amide bonds. The molecule has 1 N–H and O–H groups in total. The minimum Gasteiger partial charge on any atom is -0.496 e. The van der Waals surface area contributed by atoms with E-state index >= 15 is 0 Å². The van der Waals surface area contributed by atoms with Crippen molar-refractivity contribution in [3.8, 4) is 16.3 Å². The van der Waals surface area contributed by atoms with Crippen molar-refractivity contribution in [2.75, 3.05) is 12.4 Å². The molecule has 8 heteroatoms. The Balaban J connectivity index is 1.62. The summed E-state index contributed by atoms with van der Waals surface area (Å²) in [6.45, 7) is 3.93. The van der Waals surface area contributed by atoms with E-state index in [-0.39, 0.29) is 5.91 Å². The third-order valence-electron chi connectivity index (χ3n) is 4.40. The zero-order valence-corrected chi connectivity index (χ0v) is 16.6. The number of methoxy groups -OCH3 is 1. The van der Waals surface area contributed by atoms with Crippen LogP contribution in [0.25, 0.3) is 15.5 Å². The highest BCUT2D eigenvalue weighted by Gasteiger charge is 2.15. The summed E-state index contributed by atoms with van der Waals surface area (Å²) in [6.07, 6.45) is 0.763. The Morgan fingerprint density at radius 1 is 1.21 bits per heavy atom. The number of carbonyl (C=O) groups is 1. The molecule has 0 aliphatic heterocycles. The van der Waals surface area contributed by atoms with Crippen LogP contribution in [0, 0.1) is 6.92 Å². The maximum Gasteiger partial charge on any atom is 0.259 e. The third kappa shape index (κ3) is 3.22. The molecular formula is C20H19N5O2S. The van der Waals surface area contributed by atoms with Crippen LogP contribution in [-0.4, -0.2) is 32.8 Å². The second kappa shape index (κ2) is 7.40. The van der Waals surface area contributed by atoms with Gasteiger partial charge in [0.05, 0.1) is 12.7 Å². The van der Waals surface area contributed by atoms with Gasteiger partial charge in [-0.05, 0) is 30.7 Å². The lowest BCUT2D eigenvalue weighted by molar-refractivity contribution is 0.102. The number of ether oxygens (including phenoxy) is 1. The monoisotopic (exact) mass is 393 g/mol. The molecule has 2 aromatic heterocycles. The molecule has 0 unspecified atom stereocenters. The molecule has 2 aromatic carbocycles. The second-order valence-electron chi connectivity index (χ2n) is 6.26. The molecule has 0 radical (unpaired) electrons. The van der Waals surface area contributed by atoms with E-state index in [0.29, 0.717) is 17.0 Å². The smallest absolute Gasteiger partial charge is 0.259 e. The van der Waals surface area contributed by atoms with Crippen molar-refractivity contribution in [1.82, 2.24) is 19.8 Å². The first-order valence-corrected chi connectivity index (χ1v) is 9.69. The van der Waals surface area contributed by atoms with Gasteiger partial charge in [0.25, 0.3) is 5.91 Å². The van der Waals surface area contributed by atoms with Crippen LogP contribution in [0.2, 0.25) is 0 Å². The summed E-state index contributed by atoms with van der Waals surface area (Å²) in [5.41, 5.74) is 3.01. The Bertz CT molecular complexity index is 1160. The molecule has 0 saturated carbocycles. The number of para-hydroxylation sites is 1. The lowest BCUT2D eigenvalue weighted by atomic mass is 10.1. The van der Waals surface area contributed by atoms with E-state index in [9.17, 15) is 4.79 Å². The van der Waals surface area contributed by atoms with Gasteiger partial charge in [-0.1, -0.05) is 42.5 Å². The number of hydrogen-bond donors (Lipinski definition) is 1. The quantitative estimate of drug-likeness (QED) is 0.555. The van der Waals surface area contributed by atoms with Crippen LogP contribution in [0.15, 0.2) is 42.5 Å². The number of anilines is 1. The fourth-order valence-electron chi connectivity index (χ4n) is 3.03. The molecule has 4 aromatic rings. The Morgan fingerprint density at radius 2 is 2.04 bits per heavy atom. The average molecular weight is 393 g/mol. The number of rotatable bonds is 5. The van der Waals surface area contributed by atoms with Gasteiger partial charge in [-0.25, -0.2) is 0 Å². The van der Waals surface area contributed by atoms with E-state index in [4.69, 9.17) is 4.74 Å². The Hall–Kier alpha value is -3.26. The molecule has 0 atom stereocenters. The number of fused-ring (bicyclic) bond motifs is 1. The zero-order chi connectivity index (χ0) is 19.7. The molecule has 4 rings (SSSR count). The predicted molar refractivity (Wildman–Crippen MR) is 109 cm³/mol. The Morgan fingerprint density at radius 3 is 2.82 bits per heavy atom. The number of amides is 1. The minimum atomic E-state index is -0.218. The second-order valence-corrected chi connectivity index (χ2v) is 7.22. The molecule has 0 aliphatic carbocycles. The summed E-state index contributed by atoms with van der Waals surface area (Å²) in [6, 6.07) is 13.1. The van der Waals surface area contributed by atoms with Gasteiger partial charge in [-0.2, -0.15) is 9.61 Å². The summed E-state index contributed by atoms with van der Waals surface area (Å²) < 4.78 is 7.16. The van der Waals surface area contributed by atoms with Gasteiger partial charge in [0.1, 0.15) is 10.8 Å². The van der Waals surface area contributed by atoms with Crippen LogP contribution in [0.4, 0.5) is 5.69 Å². The number of aryl methyl sites for hydroxylation is 2. The fourth-order valence-corrected chi connectivity index (χ4v) is 3.88. The number of nitrogens with one attached hydrogen (secondary N) is 1. The predicted octanol–water partition coefficient (Wildman–Crippen LogP) is 3.98. The Kier molecular flexibility index (Phi) is 4.79. The maximum absolute atomic E-state index is 12.8. The van der Waals surface area contributed by atoms with Crippen molar-refractivity contribution < 1.29 is 9.53 Å². The van der Waals surface area contributed by atoms with Gasteiger partial charge in [-0.3, -0.25) is 4.79 Å². The van der Waals surface area contributed by atoms with Crippen LogP contribution in [0.1, 0.15) is 28.7 Å². The first-order chi connectivity index (χ1) is 13.6. The highest BCUT2D eigenvalue weighted by atomic mass is 32.1. The molecule has 7 nitrogen and oxygen atoms in total. The molecule has 0 spiro atoms. The van der Waals surface area contributed by atoms with Crippen molar-refractivity contribution in [2.24, 2.45) is 0 Å². The standard InChI is InChI=1S/C20H19N5O2S/c1-4-16-22-23-20-25(16)24-19(28-20)13-8-6-9-14(11-13)21-18(26)15-10-5-7-12(2)17(15)27-3/h5-11H,4H2,1-3H3,(H,21,26). The topological polar surface area (TPSA) is 81.4 Å². The van der Waals surface area contributed by atoms with Gasteiger partial charge >= 0.3 is 0 Å². The minimum absolute atomic E-state index is 0.218. The van der Waals surface area contributed by atoms with Crippen LogP contribution < -0.4 is 10.1 Å². The van der Waals surface area contributed by atoms with Crippen molar-refractivity contribution in [3.05, 3.63) is 59.4 Å². The summed E-state index contributed by atoms with van der Waals surface area (Å²) in [4.78, 5) is 13.5. The number of benzene rings is 2. The van der Waals surface area contributed by atoms with Gasteiger partial charge in [0, 0.05) is 17.7 Å². The number of aromatic nitrogens is 4. The largest absolute Gasteiger partial charge is 0.496 e. The summed E-state index contributed by atoms with van der Waals surface area (Å²) in [5.74, 6) is 1.19. The van der Waals surface area contributed by atoms with Crippen LogP contribution >= 0.6 is 11.3 Å². The van der Waals surface area contributed by atoms with Crippen molar-refractivity contribution in [3.63, 3.8) is 0 Å². The van der Waals surface area contributed by atoms with E-state index in [1.54, 1.807) is 17.7 Å². The Labute approximate surface area is 166 Å². The van der Waals surface area contributed by atoms with Crippen molar-refractivity contribution >= 4 is 27.9 Å². The average Bonchev–Trinajstić information content (AvgIpc) is 3.28. The van der Waals surface area contributed by atoms with Crippen LogP contribution in [0.5, 0.6) is 5.75 Å². The van der Waals surface area contributed by atoms with E-state index in [2.05, 4.69) is 20.6 Å². The lowest BCUT2D eigenvalue weighted by Crippen LogP contribution is -2.13. The normalized spacial score (nSPS) is 11.0. The SMILES string of the molecule is CCc1nnc2sc(-c3cccc(NC(=O)c4cccc(C)c4OC)c3)nn12. The molecule has 0 aliphatic rings. The van der Waals surface area contributed by atoms with Gasteiger partial charge < -0.3 is 10.1 Å². The first kappa shape index (κ1) is 18.1. The molecule has 2 heterocycles. The van der Waals surface area contributed by atoms with E-state index < -0.39 is 0 Å². The van der Waals surface area contributed by atoms with E-state index in [1.165, 1.54) is 11.3 Å². The van der Waals surface area contributed by atoms with Gasteiger partial charge in [0.15, 0.2) is 5.82 Å². The first-order valence-electron chi connectivity index (χ1n) is 8.87. The number of hydrogen-bond acceptors (Lipinski definition) is 6. The molecule has 0 saturated heterocycles. The maximum atomic E-state index is 12.8. The highest BCUT2D eigenvalue weighted by Crippen LogP contribution is 2.28.